The zero-order valence-corrected chi connectivity index (χ0v) is 16.4. The van der Waals surface area contributed by atoms with Gasteiger partial charge in [0, 0.05) is 39.3 Å². The van der Waals surface area contributed by atoms with Gasteiger partial charge in [0.2, 0.25) is 11.8 Å². The van der Waals surface area contributed by atoms with Crippen LogP contribution in [0.4, 0.5) is 0 Å². The topological polar surface area (TPSA) is 69.9 Å². The highest BCUT2D eigenvalue weighted by Crippen LogP contribution is 2.21. The van der Waals surface area contributed by atoms with Gasteiger partial charge in [-0.1, -0.05) is 43.2 Å². The molecule has 2 heterocycles. The van der Waals surface area contributed by atoms with Gasteiger partial charge in [-0.2, -0.15) is 0 Å². The number of carbonyl (C=O) groups excluding carboxylic acids is 2. The normalized spacial score (nSPS) is 21.4. The van der Waals surface area contributed by atoms with Crippen molar-refractivity contribution in [1.82, 2.24) is 14.7 Å². The quantitative estimate of drug-likeness (QED) is 0.868. The van der Waals surface area contributed by atoms with Gasteiger partial charge in [-0.3, -0.25) is 14.5 Å². The Morgan fingerprint density at radius 2 is 1.48 bits per heavy atom. The maximum absolute atomic E-state index is 12.9. The molecule has 27 heavy (non-hydrogen) atoms. The van der Waals surface area contributed by atoms with Crippen LogP contribution in [0.3, 0.4) is 0 Å². The fourth-order valence-electron chi connectivity index (χ4n) is 3.96. The van der Waals surface area contributed by atoms with Crippen LogP contribution in [0, 0.1) is 0 Å². The van der Waals surface area contributed by atoms with Crippen molar-refractivity contribution in [1.29, 1.82) is 0 Å². The van der Waals surface area contributed by atoms with Crippen molar-refractivity contribution in [2.75, 3.05) is 45.8 Å². The summed E-state index contributed by atoms with van der Waals surface area (Å²) in [7, 11) is 0. The summed E-state index contributed by atoms with van der Waals surface area (Å²) < 4.78 is 0. The molecule has 2 aliphatic rings. The molecule has 0 saturated carbocycles. The number of amides is 2. The molecule has 1 aromatic carbocycles. The minimum atomic E-state index is -1.02. The molecule has 1 unspecified atom stereocenters. The molecule has 0 spiro atoms. The molecular weight excluding hydrogens is 340 g/mol. The summed E-state index contributed by atoms with van der Waals surface area (Å²) >= 11 is 0. The molecule has 6 heteroatoms. The van der Waals surface area contributed by atoms with E-state index >= 15 is 0 Å². The van der Waals surface area contributed by atoms with Crippen molar-refractivity contribution in [2.45, 2.75) is 38.1 Å². The van der Waals surface area contributed by atoms with Gasteiger partial charge < -0.3 is 15.5 Å². The van der Waals surface area contributed by atoms with Crippen LogP contribution >= 0.6 is 0 Å². The van der Waals surface area contributed by atoms with Crippen LogP contribution in [0.5, 0.6) is 0 Å². The van der Waals surface area contributed by atoms with Crippen LogP contribution in [0.1, 0.15) is 38.2 Å². The first kappa shape index (κ1) is 19.8. The van der Waals surface area contributed by atoms with Gasteiger partial charge in [-0.25, -0.2) is 0 Å². The van der Waals surface area contributed by atoms with E-state index in [0.29, 0.717) is 19.6 Å². The lowest BCUT2D eigenvalue weighted by Crippen LogP contribution is -2.57. The summed E-state index contributed by atoms with van der Waals surface area (Å²) in [5.74, 6) is 0.178. The van der Waals surface area contributed by atoms with Gasteiger partial charge in [-0.05, 0) is 25.3 Å². The second kappa shape index (κ2) is 8.85. The summed E-state index contributed by atoms with van der Waals surface area (Å²) in [4.78, 5) is 31.5. The molecule has 1 atom stereocenters. The van der Waals surface area contributed by atoms with E-state index in [1.54, 1.807) is 6.92 Å². The number of carbonyl (C=O) groups is 2. The predicted octanol–water partition coefficient (Wildman–Crippen LogP) is 1.41. The highest BCUT2D eigenvalue weighted by atomic mass is 16.2. The molecule has 2 aliphatic heterocycles. The first-order valence-corrected chi connectivity index (χ1v) is 10.1. The van der Waals surface area contributed by atoms with Crippen molar-refractivity contribution >= 4 is 11.8 Å². The van der Waals surface area contributed by atoms with Crippen molar-refractivity contribution in [3.8, 4) is 0 Å². The van der Waals surface area contributed by atoms with Gasteiger partial charge in [-0.15, -0.1) is 0 Å². The molecule has 2 saturated heterocycles. The number of piperazine rings is 1. The molecule has 6 nitrogen and oxygen atoms in total. The van der Waals surface area contributed by atoms with E-state index < -0.39 is 5.54 Å². The first-order chi connectivity index (χ1) is 13.0. The van der Waals surface area contributed by atoms with E-state index in [4.69, 9.17) is 5.73 Å². The van der Waals surface area contributed by atoms with Gasteiger partial charge in [0.15, 0.2) is 0 Å². The molecule has 0 bridgehead atoms. The van der Waals surface area contributed by atoms with Crippen LogP contribution in [0.25, 0.3) is 0 Å². The second-order valence-corrected chi connectivity index (χ2v) is 7.93. The molecule has 148 valence electrons. The van der Waals surface area contributed by atoms with E-state index in [2.05, 4.69) is 4.90 Å². The molecule has 2 amide bonds. The zero-order chi connectivity index (χ0) is 19.3. The fourth-order valence-corrected chi connectivity index (χ4v) is 3.96. The lowest BCUT2D eigenvalue weighted by molar-refractivity contribution is -0.139. The Morgan fingerprint density at radius 1 is 0.889 bits per heavy atom. The number of nitrogens with zero attached hydrogens (tertiary/aromatic N) is 3. The van der Waals surface area contributed by atoms with E-state index in [0.717, 1.165) is 44.6 Å². The highest BCUT2D eigenvalue weighted by Gasteiger charge is 2.36. The van der Waals surface area contributed by atoms with E-state index in [9.17, 15) is 9.59 Å². The minimum Gasteiger partial charge on any atom is -0.342 e. The van der Waals surface area contributed by atoms with Crippen LogP contribution in [-0.4, -0.2) is 72.3 Å². The Hall–Kier alpha value is -1.92. The Balaban J connectivity index is 1.51. The summed E-state index contributed by atoms with van der Waals surface area (Å²) in [6.45, 7) is 6.68. The minimum absolute atomic E-state index is 0.0489. The monoisotopic (exact) mass is 372 g/mol. The Kier molecular flexibility index (Phi) is 6.50. The summed E-state index contributed by atoms with van der Waals surface area (Å²) in [6.07, 6.45) is 4.68. The van der Waals surface area contributed by atoms with E-state index in [1.165, 1.54) is 12.8 Å². The molecule has 2 fully saturated rings. The van der Waals surface area contributed by atoms with Crippen molar-refractivity contribution < 1.29 is 9.59 Å². The molecule has 0 aliphatic carbocycles. The third-order valence-electron chi connectivity index (χ3n) is 5.79. The number of hydrogen-bond donors (Lipinski definition) is 1. The number of likely N-dealkylation sites (tertiary alicyclic amines) is 1. The molecule has 0 aromatic heterocycles. The Morgan fingerprint density at radius 3 is 2.07 bits per heavy atom. The summed E-state index contributed by atoms with van der Waals surface area (Å²) in [5.41, 5.74) is 6.18. The van der Waals surface area contributed by atoms with Crippen molar-refractivity contribution in [3.05, 3.63) is 35.9 Å². The van der Waals surface area contributed by atoms with Crippen molar-refractivity contribution in [2.24, 2.45) is 5.73 Å². The number of benzene rings is 1. The van der Waals surface area contributed by atoms with Gasteiger partial charge in [0.1, 0.15) is 5.54 Å². The molecule has 0 radical (unpaired) electrons. The lowest BCUT2D eigenvalue weighted by atomic mass is 9.91. The number of hydrogen-bond acceptors (Lipinski definition) is 4. The lowest BCUT2D eigenvalue weighted by Gasteiger charge is -2.38. The average molecular weight is 373 g/mol. The van der Waals surface area contributed by atoms with Crippen LogP contribution in [-0.2, 0) is 15.1 Å². The molecule has 2 N–H and O–H groups in total. The van der Waals surface area contributed by atoms with Crippen LogP contribution < -0.4 is 5.73 Å². The maximum atomic E-state index is 12.9. The fraction of sp³-hybridized carbons (Fsp3) is 0.619. The highest BCUT2D eigenvalue weighted by molar-refractivity contribution is 5.87. The van der Waals surface area contributed by atoms with E-state index in [1.807, 2.05) is 40.1 Å². The predicted molar refractivity (Wildman–Crippen MR) is 106 cm³/mol. The van der Waals surface area contributed by atoms with E-state index in [-0.39, 0.29) is 11.8 Å². The maximum Gasteiger partial charge on any atom is 0.247 e. The van der Waals surface area contributed by atoms with Gasteiger partial charge in [0.25, 0.3) is 0 Å². The first-order valence-electron chi connectivity index (χ1n) is 10.1. The Labute approximate surface area is 162 Å². The molecule has 1 aromatic rings. The van der Waals surface area contributed by atoms with Crippen molar-refractivity contribution in [3.63, 3.8) is 0 Å². The zero-order valence-electron chi connectivity index (χ0n) is 16.4. The molecular formula is C21H32N4O2. The SMILES string of the molecule is CC(N)(C(=O)N1CCN(CC(=O)N2CCCCCC2)CC1)c1ccccc1. The van der Waals surface area contributed by atoms with Gasteiger partial charge in [0.05, 0.1) is 6.54 Å². The largest absolute Gasteiger partial charge is 0.342 e. The number of nitrogens with two attached hydrogens (primary N) is 1. The second-order valence-electron chi connectivity index (χ2n) is 7.93. The smallest absolute Gasteiger partial charge is 0.247 e. The van der Waals surface area contributed by atoms with Crippen LogP contribution in [0.15, 0.2) is 30.3 Å². The third kappa shape index (κ3) is 4.87. The van der Waals surface area contributed by atoms with Crippen LogP contribution in [0.2, 0.25) is 0 Å². The molecule has 3 rings (SSSR count). The Bertz CT molecular complexity index is 631. The third-order valence-corrected chi connectivity index (χ3v) is 5.79. The average Bonchev–Trinajstić information content (AvgIpc) is 2.98. The summed E-state index contributed by atoms with van der Waals surface area (Å²) in [5, 5.41) is 0. The standard InChI is InChI=1S/C21H32N4O2/c1-21(22,18-9-5-4-6-10-18)20(27)25-15-13-23(14-16-25)17-19(26)24-11-7-2-3-8-12-24/h4-6,9-10H,2-3,7-8,11-17,22H2,1H3. The number of rotatable bonds is 4. The van der Waals surface area contributed by atoms with Gasteiger partial charge >= 0.3 is 0 Å². The summed E-state index contributed by atoms with van der Waals surface area (Å²) in [6, 6.07) is 9.52.